The molecule has 9 heteroatoms. The first-order valence-corrected chi connectivity index (χ1v) is 8.28. The Kier molecular flexibility index (Phi) is 5.18. The molecule has 0 aromatic rings. The highest BCUT2D eigenvalue weighted by Gasteiger charge is 2.64. The predicted octanol–water partition coefficient (Wildman–Crippen LogP) is -2.90. The van der Waals surface area contributed by atoms with Gasteiger partial charge in [-0.2, -0.15) is 0 Å². The quantitative estimate of drug-likeness (QED) is 0.296. The molecular weight excluding hydrogens is 324 g/mol. The van der Waals surface area contributed by atoms with E-state index in [4.69, 9.17) is 19.3 Å². The van der Waals surface area contributed by atoms with E-state index < -0.39 is 55.1 Å². The van der Waals surface area contributed by atoms with Crippen molar-refractivity contribution in [3.05, 3.63) is 0 Å². The smallest absolute Gasteiger partial charge is 0.186 e. The third-order valence-corrected chi connectivity index (χ3v) is 5.80. The molecule has 2 heterocycles. The molecule has 1 saturated carbocycles. The van der Waals surface area contributed by atoms with E-state index in [2.05, 4.69) is 0 Å². The monoisotopic (exact) mass is 350 g/mol. The zero-order valence-corrected chi connectivity index (χ0v) is 13.3. The minimum absolute atomic E-state index is 0.0533. The molecule has 6 N–H and O–H groups in total. The minimum atomic E-state index is -1.49. The molecule has 140 valence electrons. The fourth-order valence-electron chi connectivity index (χ4n) is 4.14. The number of ether oxygens (including phenoxy) is 3. The van der Waals surface area contributed by atoms with Crippen LogP contribution in [0.3, 0.4) is 0 Å². The number of aliphatic hydroxyl groups excluding tert-OH is 5. The van der Waals surface area contributed by atoms with Gasteiger partial charge in [-0.25, -0.2) is 0 Å². The molecule has 0 spiro atoms. The van der Waals surface area contributed by atoms with Crippen molar-refractivity contribution < 1.29 is 44.8 Å². The van der Waals surface area contributed by atoms with Gasteiger partial charge in [0.2, 0.25) is 0 Å². The Balaban J connectivity index is 1.58. The summed E-state index contributed by atoms with van der Waals surface area (Å²) < 4.78 is 16.4. The van der Waals surface area contributed by atoms with Crippen LogP contribution >= 0.6 is 0 Å². The lowest BCUT2D eigenvalue weighted by Crippen LogP contribution is -2.59. The summed E-state index contributed by atoms with van der Waals surface area (Å²) >= 11 is 0. The topological polar surface area (TPSA) is 149 Å². The maximum absolute atomic E-state index is 10.7. The van der Waals surface area contributed by atoms with Gasteiger partial charge in [-0.15, -0.1) is 0 Å². The fourth-order valence-corrected chi connectivity index (χ4v) is 4.14. The van der Waals surface area contributed by atoms with Gasteiger partial charge >= 0.3 is 0 Å². The molecule has 24 heavy (non-hydrogen) atoms. The van der Waals surface area contributed by atoms with Gasteiger partial charge in [0, 0.05) is 12.3 Å². The molecule has 3 rings (SSSR count). The first kappa shape index (κ1) is 18.4. The Morgan fingerprint density at radius 3 is 2.42 bits per heavy atom. The van der Waals surface area contributed by atoms with Crippen LogP contribution < -0.4 is 0 Å². The molecule has 9 nitrogen and oxygen atoms in total. The van der Waals surface area contributed by atoms with Crippen LogP contribution in [0.5, 0.6) is 0 Å². The molecule has 0 aromatic carbocycles. The van der Waals surface area contributed by atoms with Crippen LogP contribution in [0.2, 0.25) is 0 Å². The lowest BCUT2D eigenvalue weighted by Gasteiger charge is -2.40. The second kappa shape index (κ2) is 6.75. The molecule has 8 atom stereocenters. The zero-order valence-electron chi connectivity index (χ0n) is 13.3. The van der Waals surface area contributed by atoms with Crippen LogP contribution in [-0.2, 0) is 14.2 Å². The van der Waals surface area contributed by atoms with Gasteiger partial charge in [0.15, 0.2) is 6.29 Å². The molecule has 0 amide bonds. The van der Waals surface area contributed by atoms with Gasteiger partial charge < -0.3 is 44.8 Å². The molecule has 1 aliphatic carbocycles. The predicted molar refractivity (Wildman–Crippen MR) is 77.8 cm³/mol. The third-order valence-electron chi connectivity index (χ3n) is 5.80. The number of aliphatic hydroxyl groups is 6. The van der Waals surface area contributed by atoms with Crippen molar-refractivity contribution in [3.63, 3.8) is 0 Å². The van der Waals surface area contributed by atoms with E-state index in [9.17, 15) is 25.5 Å². The highest BCUT2D eigenvalue weighted by Crippen LogP contribution is 2.53. The number of rotatable bonds is 6. The molecule has 2 aliphatic heterocycles. The van der Waals surface area contributed by atoms with Crippen molar-refractivity contribution >= 4 is 0 Å². The van der Waals surface area contributed by atoms with Crippen LogP contribution in [0.15, 0.2) is 0 Å². The maximum atomic E-state index is 10.7. The Bertz CT molecular complexity index is 437. The standard InChI is InChI=1S/C15H26O9/c16-5-9-10(18)11(19)12(20)13(24-9)22-4-3-14-2-1-8(6-23-14)15(14,21)7-17/h8-13,16-21H,1-7H2/t8-,9-,10-,11-,12-,13-,14+,15?/m1/s1. The number of hydrogen-bond donors (Lipinski definition) is 6. The Morgan fingerprint density at radius 1 is 1.08 bits per heavy atom. The molecule has 0 radical (unpaired) electrons. The van der Waals surface area contributed by atoms with E-state index in [-0.39, 0.29) is 18.9 Å². The lowest BCUT2D eigenvalue weighted by atomic mass is 9.82. The Labute approximate surface area is 139 Å². The second-order valence-electron chi connectivity index (χ2n) is 6.94. The summed E-state index contributed by atoms with van der Waals surface area (Å²) in [6.45, 7) is -0.476. The van der Waals surface area contributed by atoms with Crippen LogP contribution in [-0.4, -0.2) is 99.0 Å². The van der Waals surface area contributed by atoms with Crippen molar-refractivity contribution in [1.29, 1.82) is 0 Å². The molecule has 3 fully saturated rings. The summed E-state index contributed by atoms with van der Waals surface area (Å²) in [4.78, 5) is 0. The van der Waals surface area contributed by atoms with Crippen LogP contribution in [0.4, 0.5) is 0 Å². The van der Waals surface area contributed by atoms with Crippen molar-refractivity contribution in [3.8, 4) is 0 Å². The van der Waals surface area contributed by atoms with E-state index in [1.807, 2.05) is 0 Å². The van der Waals surface area contributed by atoms with Gasteiger partial charge in [0.05, 0.1) is 26.4 Å². The van der Waals surface area contributed by atoms with E-state index in [1.54, 1.807) is 0 Å². The summed E-state index contributed by atoms with van der Waals surface area (Å²) in [5.41, 5.74) is -2.19. The average Bonchev–Trinajstić information content (AvgIpc) is 3.02. The molecule has 2 saturated heterocycles. The van der Waals surface area contributed by atoms with Crippen molar-refractivity contribution in [2.24, 2.45) is 5.92 Å². The normalized spacial score (nSPS) is 51.2. The summed E-state index contributed by atoms with van der Waals surface area (Å²) in [5, 5.41) is 58.8. The molecule has 3 aliphatic rings. The highest BCUT2D eigenvalue weighted by atomic mass is 16.7. The van der Waals surface area contributed by atoms with Crippen molar-refractivity contribution in [2.75, 3.05) is 26.4 Å². The van der Waals surface area contributed by atoms with E-state index in [0.717, 1.165) is 6.42 Å². The molecule has 1 unspecified atom stereocenters. The summed E-state index contributed by atoms with van der Waals surface area (Å²) in [5.74, 6) is -0.102. The largest absolute Gasteiger partial charge is 0.394 e. The first-order chi connectivity index (χ1) is 11.4. The SMILES string of the molecule is OC[C@H]1O[C@@H](OCC[C@]23CC[C@H](CO2)C3(O)CO)[C@H](O)[C@H](O)[C@@H]1O. The molecular formula is C15H26O9. The first-order valence-electron chi connectivity index (χ1n) is 8.28. The zero-order chi connectivity index (χ0) is 17.5. The summed E-state index contributed by atoms with van der Waals surface area (Å²) in [6, 6.07) is 0. The fraction of sp³-hybridized carbons (Fsp3) is 1.00. The van der Waals surface area contributed by atoms with Gasteiger partial charge in [-0.1, -0.05) is 0 Å². The minimum Gasteiger partial charge on any atom is -0.394 e. The van der Waals surface area contributed by atoms with E-state index in [1.165, 1.54) is 0 Å². The van der Waals surface area contributed by atoms with E-state index >= 15 is 0 Å². The average molecular weight is 350 g/mol. The summed E-state index contributed by atoms with van der Waals surface area (Å²) in [6.07, 6.45) is -4.97. The Morgan fingerprint density at radius 2 is 1.83 bits per heavy atom. The molecule has 2 bridgehead atoms. The van der Waals surface area contributed by atoms with Crippen LogP contribution in [0.1, 0.15) is 19.3 Å². The third kappa shape index (κ3) is 2.68. The van der Waals surface area contributed by atoms with Gasteiger partial charge in [0.1, 0.15) is 35.6 Å². The van der Waals surface area contributed by atoms with Crippen molar-refractivity contribution in [2.45, 2.75) is 61.2 Å². The summed E-state index contributed by atoms with van der Waals surface area (Å²) in [7, 11) is 0. The van der Waals surface area contributed by atoms with Gasteiger partial charge in [0.25, 0.3) is 0 Å². The number of hydrogen-bond acceptors (Lipinski definition) is 9. The van der Waals surface area contributed by atoms with Crippen LogP contribution in [0.25, 0.3) is 0 Å². The van der Waals surface area contributed by atoms with Crippen LogP contribution in [0, 0.1) is 5.92 Å². The van der Waals surface area contributed by atoms with Gasteiger partial charge in [-0.3, -0.25) is 0 Å². The maximum Gasteiger partial charge on any atom is 0.186 e. The van der Waals surface area contributed by atoms with Gasteiger partial charge in [-0.05, 0) is 12.8 Å². The highest BCUT2D eigenvalue weighted by molar-refractivity contribution is 5.14. The van der Waals surface area contributed by atoms with E-state index in [0.29, 0.717) is 13.0 Å². The second-order valence-corrected chi connectivity index (χ2v) is 6.94. The lowest BCUT2D eigenvalue weighted by molar-refractivity contribution is -0.303. The van der Waals surface area contributed by atoms with Crippen molar-refractivity contribution in [1.82, 2.24) is 0 Å². The molecule has 0 aromatic heterocycles. The Hall–Kier alpha value is -0.360. The number of fused-ring (bicyclic) bond motifs is 2.